The van der Waals surface area contributed by atoms with Crippen LogP contribution < -0.4 is 0 Å². The Morgan fingerprint density at radius 3 is 2.37 bits per heavy atom. The molecule has 0 aliphatic carbocycles. The van der Waals surface area contributed by atoms with E-state index in [4.69, 9.17) is 0 Å². The number of rotatable bonds is 3. The molecule has 0 saturated heterocycles. The molecule has 2 heteroatoms. The first-order valence-corrected chi connectivity index (χ1v) is 7.48. The fraction of sp³-hybridized carbons (Fsp3) is 0.353. The Morgan fingerprint density at radius 1 is 1.11 bits per heavy atom. The number of thiophene rings is 1. The maximum atomic E-state index is 12.6. The topological polar surface area (TPSA) is 17.1 Å². The van der Waals surface area contributed by atoms with Gasteiger partial charge >= 0.3 is 0 Å². The SMILES string of the molecule is CCc1ccccc1C(=O)c1ccc(C(C)(C)C)s1. The van der Waals surface area contributed by atoms with Crippen LogP contribution in [0.4, 0.5) is 0 Å². The first-order chi connectivity index (χ1) is 8.93. The molecule has 1 nitrogen and oxygen atoms in total. The summed E-state index contributed by atoms with van der Waals surface area (Å²) >= 11 is 1.61. The Labute approximate surface area is 119 Å². The number of carbonyl (C=O) groups is 1. The van der Waals surface area contributed by atoms with Crippen LogP contribution in [0.3, 0.4) is 0 Å². The fourth-order valence-electron chi connectivity index (χ4n) is 2.05. The van der Waals surface area contributed by atoms with Gasteiger partial charge in [-0.15, -0.1) is 11.3 Å². The minimum atomic E-state index is 0.105. The van der Waals surface area contributed by atoms with Gasteiger partial charge in [0.15, 0.2) is 0 Å². The van der Waals surface area contributed by atoms with Crippen molar-refractivity contribution in [3.8, 4) is 0 Å². The Hall–Kier alpha value is -1.41. The number of carbonyl (C=O) groups excluding carboxylic acids is 1. The van der Waals surface area contributed by atoms with Crippen molar-refractivity contribution >= 4 is 17.1 Å². The van der Waals surface area contributed by atoms with E-state index in [2.05, 4.69) is 33.8 Å². The summed E-state index contributed by atoms with van der Waals surface area (Å²) in [6.07, 6.45) is 0.888. The summed E-state index contributed by atoms with van der Waals surface area (Å²) in [5.41, 5.74) is 2.07. The molecule has 0 fully saturated rings. The van der Waals surface area contributed by atoms with Gasteiger partial charge in [0.2, 0.25) is 5.78 Å². The zero-order valence-corrected chi connectivity index (χ0v) is 12.8. The molecule has 19 heavy (non-hydrogen) atoms. The van der Waals surface area contributed by atoms with Crippen molar-refractivity contribution in [1.29, 1.82) is 0 Å². The molecule has 0 saturated carbocycles. The molecular weight excluding hydrogens is 252 g/mol. The Balaban J connectivity index is 2.37. The molecule has 0 bridgehead atoms. The van der Waals surface area contributed by atoms with Gasteiger partial charge in [-0.1, -0.05) is 52.0 Å². The largest absolute Gasteiger partial charge is 0.288 e. The van der Waals surface area contributed by atoms with Crippen LogP contribution in [0.2, 0.25) is 0 Å². The van der Waals surface area contributed by atoms with Gasteiger partial charge in [-0.3, -0.25) is 4.79 Å². The maximum absolute atomic E-state index is 12.6. The average molecular weight is 272 g/mol. The van der Waals surface area contributed by atoms with Gasteiger partial charge in [0.25, 0.3) is 0 Å². The van der Waals surface area contributed by atoms with Gasteiger partial charge in [-0.2, -0.15) is 0 Å². The summed E-state index contributed by atoms with van der Waals surface area (Å²) in [4.78, 5) is 14.7. The van der Waals surface area contributed by atoms with Crippen molar-refractivity contribution in [2.45, 2.75) is 39.5 Å². The van der Waals surface area contributed by atoms with Crippen molar-refractivity contribution in [3.63, 3.8) is 0 Å². The predicted molar refractivity (Wildman–Crippen MR) is 82.3 cm³/mol. The van der Waals surface area contributed by atoms with E-state index in [0.29, 0.717) is 0 Å². The lowest BCUT2D eigenvalue weighted by Gasteiger charge is -2.15. The van der Waals surface area contributed by atoms with E-state index in [9.17, 15) is 4.79 Å². The van der Waals surface area contributed by atoms with Gasteiger partial charge in [-0.05, 0) is 29.5 Å². The number of ketones is 1. The quantitative estimate of drug-likeness (QED) is 0.731. The lowest BCUT2D eigenvalue weighted by molar-refractivity contribution is 0.104. The molecule has 0 radical (unpaired) electrons. The van der Waals surface area contributed by atoms with Crippen molar-refractivity contribution in [3.05, 3.63) is 57.3 Å². The van der Waals surface area contributed by atoms with Gasteiger partial charge in [-0.25, -0.2) is 0 Å². The highest BCUT2D eigenvalue weighted by atomic mass is 32.1. The Kier molecular flexibility index (Phi) is 3.91. The minimum Gasteiger partial charge on any atom is -0.288 e. The van der Waals surface area contributed by atoms with Crippen LogP contribution in [-0.4, -0.2) is 5.78 Å². The maximum Gasteiger partial charge on any atom is 0.203 e. The molecule has 100 valence electrons. The van der Waals surface area contributed by atoms with Crippen LogP contribution in [0, 0.1) is 0 Å². The standard InChI is InChI=1S/C17H20OS/c1-5-12-8-6-7-9-13(12)16(18)14-10-11-15(19-14)17(2,3)4/h6-11H,5H2,1-4H3. The van der Waals surface area contributed by atoms with Gasteiger partial charge in [0.05, 0.1) is 4.88 Å². The molecule has 0 amide bonds. The van der Waals surface area contributed by atoms with Crippen molar-refractivity contribution in [2.75, 3.05) is 0 Å². The third kappa shape index (κ3) is 2.95. The molecule has 0 aliphatic rings. The van der Waals surface area contributed by atoms with Gasteiger partial charge in [0, 0.05) is 10.4 Å². The van der Waals surface area contributed by atoms with Crippen molar-refractivity contribution in [1.82, 2.24) is 0 Å². The number of hydrogen-bond donors (Lipinski definition) is 0. The third-order valence-electron chi connectivity index (χ3n) is 3.21. The summed E-state index contributed by atoms with van der Waals surface area (Å²) in [5, 5.41) is 0. The second kappa shape index (κ2) is 5.30. The Bertz CT molecular complexity index is 587. The van der Waals surface area contributed by atoms with Crippen LogP contribution >= 0.6 is 11.3 Å². The van der Waals surface area contributed by atoms with E-state index in [1.807, 2.05) is 30.3 Å². The molecule has 2 rings (SSSR count). The van der Waals surface area contributed by atoms with Crippen molar-refractivity contribution < 1.29 is 4.79 Å². The Morgan fingerprint density at radius 2 is 1.79 bits per heavy atom. The fourth-order valence-corrected chi connectivity index (χ4v) is 3.06. The molecule has 0 aliphatic heterocycles. The van der Waals surface area contributed by atoms with E-state index in [1.54, 1.807) is 11.3 Å². The first kappa shape index (κ1) is 14.0. The first-order valence-electron chi connectivity index (χ1n) is 6.66. The summed E-state index contributed by atoms with van der Waals surface area (Å²) in [6.45, 7) is 8.61. The summed E-state index contributed by atoms with van der Waals surface area (Å²) in [7, 11) is 0. The van der Waals surface area contributed by atoms with Gasteiger partial charge < -0.3 is 0 Å². The second-order valence-corrected chi connectivity index (χ2v) is 6.84. The highest BCUT2D eigenvalue weighted by molar-refractivity contribution is 7.14. The lowest BCUT2D eigenvalue weighted by Crippen LogP contribution is -2.08. The molecule has 0 spiro atoms. The smallest absolute Gasteiger partial charge is 0.203 e. The van der Waals surface area contributed by atoms with E-state index in [1.165, 1.54) is 4.88 Å². The lowest BCUT2D eigenvalue weighted by atomic mass is 9.95. The zero-order chi connectivity index (χ0) is 14.0. The molecule has 2 aromatic rings. The van der Waals surface area contributed by atoms with Gasteiger partial charge in [0.1, 0.15) is 0 Å². The van der Waals surface area contributed by atoms with Crippen LogP contribution in [0.1, 0.15) is 53.4 Å². The summed E-state index contributed by atoms with van der Waals surface area (Å²) in [6, 6.07) is 11.9. The number of hydrogen-bond acceptors (Lipinski definition) is 2. The van der Waals surface area contributed by atoms with E-state index < -0.39 is 0 Å². The van der Waals surface area contributed by atoms with Crippen LogP contribution in [0.25, 0.3) is 0 Å². The molecule has 1 aromatic carbocycles. The van der Waals surface area contributed by atoms with Crippen LogP contribution in [0.5, 0.6) is 0 Å². The molecule has 1 aromatic heterocycles. The molecule has 0 atom stereocenters. The molecule has 1 heterocycles. The number of benzene rings is 1. The molecule has 0 N–H and O–H groups in total. The highest BCUT2D eigenvalue weighted by Gasteiger charge is 2.20. The molecule has 0 unspecified atom stereocenters. The monoisotopic (exact) mass is 272 g/mol. The van der Waals surface area contributed by atoms with E-state index in [-0.39, 0.29) is 11.2 Å². The zero-order valence-electron chi connectivity index (χ0n) is 12.0. The third-order valence-corrected chi connectivity index (χ3v) is 4.72. The van der Waals surface area contributed by atoms with E-state index in [0.717, 1.165) is 22.4 Å². The van der Waals surface area contributed by atoms with E-state index >= 15 is 0 Å². The summed E-state index contributed by atoms with van der Waals surface area (Å²) < 4.78 is 0. The highest BCUT2D eigenvalue weighted by Crippen LogP contribution is 2.31. The van der Waals surface area contributed by atoms with Crippen LogP contribution in [0.15, 0.2) is 36.4 Å². The van der Waals surface area contributed by atoms with Crippen LogP contribution in [-0.2, 0) is 11.8 Å². The summed E-state index contributed by atoms with van der Waals surface area (Å²) in [5.74, 6) is 0.151. The number of aryl methyl sites for hydroxylation is 1. The average Bonchev–Trinajstić information content (AvgIpc) is 2.87. The second-order valence-electron chi connectivity index (χ2n) is 5.75. The minimum absolute atomic E-state index is 0.105. The molecular formula is C17H20OS. The normalized spacial score (nSPS) is 11.6. The van der Waals surface area contributed by atoms with Crippen molar-refractivity contribution in [2.24, 2.45) is 0 Å². The predicted octanol–water partition coefficient (Wildman–Crippen LogP) is 4.84.